The van der Waals surface area contributed by atoms with E-state index in [0.29, 0.717) is 43.5 Å². The Kier molecular flexibility index (Phi) is 7.61. The Bertz CT molecular complexity index is 1780. The summed E-state index contributed by atoms with van der Waals surface area (Å²) < 4.78 is 8.42. The minimum atomic E-state index is -1.10. The molecule has 3 aromatic heterocycles. The molecule has 7 rings (SSSR count). The number of carbonyl (C=O) groups is 1. The predicted octanol–water partition coefficient (Wildman–Crippen LogP) is 3.83. The first-order valence-electron chi connectivity index (χ1n) is 15.3. The molecule has 2 aromatic carbocycles. The summed E-state index contributed by atoms with van der Waals surface area (Å²) in [5.41, 5.74) is 2.28. The molecule has 0 radical (unpaired) electrons. The van der Waals surface area contributed by atoms with E-state index in [2.05, 4.69) is 27.2 Å². The van der Waals surface area contributed by atoms with Gasteiger partial charge >= 0.3 is 0 Å². The highest BCUT2D eigenvalue weighted by Gasteiger charge is 2.41. The number of aliphatic hydroxyl groups is 1. The van der Waals surface area contributed by atoms with Gasteiger partial charge < -0.3 is 19.1 Å². The van der Waals surface area contributed by atoms with Gasteiger partial charge in [0.05, 0.1) is 23.2 Å². The lowest BCUT2D eigenvalue weighted by atomic mass is 9.79. The molecule has 0 unspecified atom stereocenters. The molecule has 5 heterocycles. The highest BCUT2D eigenvalue weighted by atomic mass is 16.5. The minimum Gasteiger partial charge on any atom is -0.388 e. The minimum absolute atomic E-state index is 0.0599. The fourth-order valence-electron chi connectivity index (χ4n) is 6.86. The second kappa shape index (κ2) is 11.9. The molecule has 226 valence electrons. The summed E-state index contributed by atoms with van der Waals surface area (Å²) in [6.45, 7) is 3.29. The molecule has 2 saturated heterocycles. The monoisotopic (exact) mass is 592 g/mol. The van der Waals surface area contributed by atoms with Crippen LogP contribution in [0.4, 0.5) is 0 Å². The Morgan fingerprint density at radius 1 is 0.977 bits per heavy atom. The Labute approximate surface area is 255 Å². The van der Waals surface area contributed by atoms with Crippen molar-refractivity contribution in [2.75, 3.05) is 26.2 Å². The van der Waals surface area contributed by atoms with Crippen LogP contribution in [0.1, 0.15) is 36.4 Å². The van der Waals surface area contributed by atoms with Gasteiger partial charge in [-0.15, -0.1) is 0 Å². The summed E-state index contributed by atoms with van der Waals surface area (Å²) in [5, 5.41) is 16.1. The lowest BCUT2D eigenvalue weighted by Gasteiger charge is -2.43. The van der Waals surface area contributed by atoms with Crippen molar-refractivity contribution in [2.45, 2.75) is 43.9 Å². The number of amides is 1. The van der Waals surface area contributed by atoms with Gasteiger partial charge in [-0.2, -0.15) is 0 Å². The molecular weight excluding hydrogens is 556 g/mol. The second-order valence-corrected chi connectivity index (χ2v) is 12.1. The number of hydrogen-bond donors (Lipinski definition) is 1. The molecule has 0 saturated carbocycles. The van der Waals surface area contributed by atoms with E-state index in [1.165, 1.54) is 10.9 Å². The molecule has 1 N–H and O–H groups in total. The van der Waals surface area contributed by atoms with Crippen LogP contribution in [0.3, 0.4) is 0 Å². The zero-order valence-electron chi connectivity index (χ0n) is 24.5. The number of para-hydroxylation sites is 1. The van der Waals surface area contributed by atoms with Crippen molar-refractivity contribution in [3.8, 4) is 5.69 Å². The lowest BCUT2D eigenvalue weighted by Crippen LogP contribution is -2.53. The van der Waals surface area contributed by atoms with Crippen molar-refractivity contribution in [2.24, 2.45) is 5.92 Å². The standard InChI is InChI=1S/C34H36N6O4/c41-32(28-11-16-37(21-26-13-20-44-36-26)22-30(28)25-7-3-1-4-8-25)38-18-14-34(43,15-19-38)23-39-24-35-31-29(33(39)42)12-17-40(31)27-9-5-2-6-10-27/h1-10,12-13,17,20,24,28,30,43H,11,14-16,18-19,21-23H2/t28-,30+/m1/s1. The molecule has 5 aromatic rings. The first-order chi connectivity index (χ1) is 21.5. The van der Waals surface area contributed by atoms with E-state index in [1.807, 2.05) is 70.3 Å². The van der Waals surface area contributed by atoms with Gasteiger partial charge in [-0.1, -0.05) is 53.7 Å². The molecule has 44 heavy (non-hydrogen) atoms. The summed E-state index contributed by atoms with van der Waals surface area (Å²) in [6.07, 6.45) is 6.51. The largest absolute Gasteiger partial charge is 0.388 e. The molecule has 10 nitrogen and oxygen atoms in total. The number of nitrogens with zero attached hydrogens (tertiary/aromatic N) is 6. The maximum Gasteiger partial charge on any atom is 0.262 e. The van der Waals surface area contributed by atoms with E-state index in [1.54, 1.807) is 12.3 Å². The van der Waals surface area contributed by atoms with Crippen molar-refractivity contribution >= 4 is 16.9 Å². The van der Waals surface area contributed by atoms with Crippen LogP contribution < -0.4 is 5.56 Å². The van der Waals surface area contributed by atoms with Crippen molar-refractivity contribution in [3.63, 3.8) is 0 Å². The summed E-state index contributed by atoms with van der Waals surface area (Å²) >= 11 is 0. The number of rotatable bonds is 7. The number of likely N-dealkylation sites (tertiary alicyclic amines) is 2. The van der Waals surface area contributed by atoms with E-state index in [-0.39, 0.29) is 29.8 Å². The van der Waals surface area contributed by atoms with E-state index >= 15 is 0 Å². The highest BCUT2D eigenvalue weighted by Crippen LogP contribution is 2.36. The van der Waals surface area contributed by atoms with Gasteiger partial charge in [0.25, 0.3) is 5.56 Å². The molecule has 0 spiro atoms. The molecule has 0 bridgehead atoms. The average molecular weight is 593 g/mol. The van der Waals surface area contributed by atoms with Gasteiger partial charge in [0, 0.05) is 56.0 Å². The van der Waals surface area contributed by atoms with Crippen LogP contribution >= 0.6 is 0 Å². The Morgan fingerprint density at radius 2 is 1.73 bits per heavy atom. The second-order valence-electron chi connectivity index (χ2n) is 12.1. The van der Waals surface area contributed by atoms with Gasteiger partial charge in [0.15, 0.2) is 5.65 Å². The van der Waals surface area contributed by atoms with Crippen LogP contribution in [0, 0.1) is 5.92 Å². The van der Waals surface area contributed by atoms with Crippen molar-refractivity contribution in [3.05, 3.63) is 113 Å². The van der Waals surface area contributed by atoms with Crippen LogP contribution in [0.5, 0.6) is 0 Å². The zero-order valence-corrected chi connectivity index (χ0v) is 24.5. The lowest BCUT2D eigenvalue weighted by molar-refractivity contribution is -0.142. The summed E-state index contributed by atoms with van der Waals surface area (Å²) in [7, 11) is 0. The molecular formula is C34H36N6O4. The van der Waals surface area contributed by atoms with E-state index < -0.39 is 5.60 Å². The summed E-state index contributed by atoms with van der Waals surface area (Å²) in [5.74, 6) is 0.0641. The fraction of sp³-hybridized carbons (Fsp3) is 0.353. The maximum atomic E-state index is 14.0. The number of benzene rings is 2. The maximum absolute atomic E-state index is 14.0. The summed E-state index contributed by atoms with van der Waals surface area (Å²) in [4.78, 5) is 36.2. The van der Waals surface area contributed by atoms with E-state index in [0.717, 1.165) is 36.5 Å². The van der Waals surface area contributed by atoms with Crippen molar-refractivity contribution in [1.29, 1.82) is 0 Å². The normalized spacial score (nSPS) is 20.6. The Hall–Kier alpha value is -4.54. The van der Waals surface area contributed by atoms with Crippen LogP contribution in [0.2, 0.25) is 0 Å². The number of aromatic nitrogens is 4. The van der Waals surface area contributed by atoms with Gasteiger partial charge in [-0.25, -0.2) is 4.98 Å². The smallest absolute Gasteiger partial charge is 0.262 e. The van der Waals surface area contributed by atoms with Crippen LogP contribution in [-0.4, -0.2) is 71.9 Å². The van der Waals surface area contributed by atoms with Gasteiger partial charge in [0.1, 0.15) is 12.6 Å². The number of hydrogen-bond acceptors (Lipinski definition) is 7. The van der Waals surface area contributed by atoms with Crippen molar-refractivity contribution < 1.29 is 14.4 Å². The van der Waals surface area contributed by atoms with Crippen LogP contribution in [0.25, 0.3) is 16.7 Å². The topological polar surface area (TPSA) is 110 Å². The third-order valence-electron chi connectivity index (χ3n) is 9.29. The molecule has 2 atom stereocenters. The van der Waals surface area contributed by atoms with E-state index in [9.17, 15) is 14.7 Å². The predicted molar refractivity (Wildman–Crippen MR) is 165 cm³/mol. The van der Waals surface area contributed by atoms with Crippen LogP contribution in [-0.2, 0) is 17.9 Å². The van der Waals surface area contributed by atoms with Crippen LogP contribution in [0.15, 0.2) is 101 Å². The molecule has 2 aliphatic rings. The summed E-state index contributed by atoms with van der Waals surface area (Å²) in [6, 6.07) is 23.7. The molecule has 1 amide bonds. The molecule has 2 fully saturated rings. The van der Waals surface area contributed by atoms with E-state index in [4.69, 9.17) is 4.52 Å². The fourth-order valence-corrected chi connectivity index (χ4v) is 6.86. The van der Waals surface area contributed by atoms with Crippen molar-refractivity contribution in [1.82, 2.24) is 29.1 Å². The Balaban J connectivity index is 1.03. The SMILES string of the molecule is O=C([C@@H]1CCN(Cc2ccon2)C[C@H]1c1ccccc1)N1CCC(O)(Cn2cnc3c(ccn3-c3ccccc3)c2=O)CC1. The van der Waals surface area contributed by atoms with Gasteiger partial charge in [-0.05, 0) is 49.6 Å². The molecule has 10 heteroatoms. The first-order valence-corrected chi connectivity index (χ1v) is 15.3. The molecule has 2 aliphatic heterocycles. The third-order valence-corrected chi connectivity index (χ3v) is 9.29. The number of fused-ring (bicyclic) bond motifs is 1. The quantitative estimate of drug-likeness (QED) is 0.306. The average Bonchev–Trinajstić information content (AvgIpc) is 3.74. The molecule has 0 aliphatic carbocycles. The van der Waals surface area contributed by atoms with Gasteiger partial charge in [0.2, 0.25) is 5.91 Å². The Morgan fingerprint density at radius 3 is 2.45 bits per heavy atom. The number of piperidine rings is 2. The van der Waals surface area contributed by atoms with Gasteiger partial charge in [-0.3, -0.25) is 19.1 Å². The number of carbonyl (C=O) groups excluding carboxylic acids is 1. The highest BCUT2D eigenvalue weighted by molar-refractivity contribution is 5.80. The third kappa shape index (κ3) is 5.58. The zero-order chi connectivity index (χ0) is 30.1. The first kappa shape index (κ1) is 28.2.